The number of carbonyl (C=O) groups is 5. The fourth-order valence-electron chi connectivity index (χ4n) is 6.84. The highest BCUT2D eigenvalue weighted by Crippen LogP contribution is 2.41. The molecule has 4 aliphatic rings. The van der Waals surface area contributed by atoms with Gasteiger partial charge in [-0.05, 0) is 67.0 Å². The van der Waals surface area contributed by atoms with Crippen molar-refractivity contribution in [1.82, 2.24) is 25.4 Å². The number of allylic oxidation sites excluding steroid dienone is 1. The molecular formula is C37H38N8O8S2. The van der Waals surface area contributed by atoms with Gasteiger partial charge >= 0.3 is 0 Å². The normalized spacial score (nSPS) is 20.8. The van der Waals surface area contributed by atoms with E-state index >= 15 is 0 Å². The smallest absolute Gasteiger partial charge is 0.286 e. The SMILES string of the molecule is Nc1nc(/C(=N/OC2CCCC2)C(=O)N[C@@H]2C(=O)N3C(C(=O)[O-])=C(C=C4CCN(Cc5cc[n+](CC(=O)NCc6cccc(O)c6)cc5)C4=O)CS[C@H]23)cs1. The Morgan fingerprint density at radius 2 is 1.93 bits per heavy atom. The number of phenolic OH excluding ortho intramolecular Hbond substituents is 1. The molecule has 16 nitrogen and oxygen atoms in total. The van der Waals surface area contributed by atoms with Crippen molar-refractivity contribution in [2.45, 2.75) is 69.3 Å². The number of fused-ring (bicyclic) bond motifs is 1. The molecule has 5 N–H and O–H groups in total. The molecule has 7 rings (SSSR count). The van der Waals surface area contributed by atoms with Crippen molar-refractivity contribution < 1.29 is 43.6 Å². The Morgan fingerprint density at radius 1 is 1.15 bits per heavy atom. The van der Waals surface area contributed by atoms with Gasteiger partial charge in [0.05, 0.1) is 11.7 Å². The molecule has 286 valence electrons. The van der Waals surface area contributed by atoms with Crippen LogP contribution in [0.4, 0.5) is 5.13 Å². The van der Waals surface area contributed by atoms with Crippen LogP contribution in [0.2, 0.25) is 0 Å². The lowest BCUT2D eigenvalue weighted by Crippen LogP contribution is -2.71. The Labute approximate surface area is 323 Å². The molecule has 0 radical (unpaired) electrons. The number of anilines is 1. The second-order valence-electron chi connectivity index (χ2n) is 13.5. The first kappa shape index (κ1) is 37.6. The van der Waals surface area contributed by atoms with Gasteiger partial charge in [0, 0.05) is 48.5 Å². The van der Waals surface area contributed by atoms with Gasteiger partial charge < -0.3 is 41.1 Å². The molecule has 0 spiro atoms. The molecule has 1 aliphatic carbocycles. The molecule has 3 aromatic rings. The van der Waals surface area contributed by atoms with Crippen molar-refractivity contribution in [3.63, 3.8) is 0 Å². The molecule has 2 atom stereocenters. The van der Waals surface area contributed by atoms with Crippen LogP contribution in [0, 0.1) is 0 Å². The van der Waals surface area contributed by atoms with Gasteiger partial charge in [0.1, 0.15) is 29.0 Å². The predicted molar refractivity (Wildman–Crippen MR) is 198 cm³/mol. The number of hydrogen-bond acceptors (Lipinski definition) is 13. The number of oxime groups is 1. The minimum absolute atomic E-state index is 0.0861. The average Bonchev–Trinajstić information content (AvgIpc) is 3.93. The quantitative estimate of drug-likeness (QED) is 0.0613. The van der Waals surface area contributed by atoms with E-state index in [1.165, 1.54) is 17.8 Å². The number of nitrogens with one attached hydrogen (secondary N) is 2. The number of carbonyl (C=O) groups excluding carboxylic acids is 5. The third-order valence-corrected chi connectivity index (χ3v) is 11.7. The van der Waals surface area contributed by atoms with Crippen molar-refractivity contribution in [3.8, 4) is 5.75 Å². The van der Waals surface area contributed by atoms with E-state index in [1.807, 2.05) is 12.1 Å². The van der Waals surface area contributed by atoms with Crippen molar-refractivity contribution in [1.29, 1.82) is 0 Å². The van der Waals surface area contributed by atoms with Gasteiger partial charge in [-0.1, -0.05) is 17.3 Å². The number of phenols is 1. The number of thiazole rings is 1. The van der Waals surface area contributed by atoms with Crippen molar-refractivity contribution in [3.05, 3.63) is 93.9 Å². The lowest BCUT2D eigenvalue weighted by atomic mass is 10.0. The van der Waals surface area contributed by atoms with Gasteiger partial charge in [-0.15, -0.1) is 23.1 Å². The Balaban J connectivity index is 0.965. The summed E-state index contributed by atoms with van der Waals surface area (Å²) in [6, 6.07) is 9.25. The fourth-order valence-corrected chi connectivity index (χ4v) is 8.70. The van der Waals surface area contributed by atoms with E-state index in [2.05, 4.69) is 20.8 Å². The molecule has 3 aliphatic heterocycles. The van der Waals surface area contributed by atoms with Crippen LogP contribution in [0.15, 0.2) is 82.2 Å². The molecule has 5 heterocycles. The number of nitrogens with zero attached hydrogens (tertiary/aromatic N) is 5. The van der Waals surface area contributed by atoms with E-state index in [0.29, 0.717) is 25.1 Å². The number of aliphatic carboxylic acids is 1. The summed E-state index contributed by atoms with van der Waals surface area (Å²) in [6.45, 7) is 1.09. The van der Waals surface area contributed by atoms with Crippen LogP contribution >= 0.6 is 23.1 Å². The summed E-state index contributed by atoms with van der Waals surface area (Å²) in [5.41, 5.74) is 7.84. The van der Waals surface area contributed by atoms with Crippen molar-refractivity contribution >= 4 is 63.5 Å². The molecule has 0 bridgehead atoms. The first-order valence-electron chi connectivity index (χ1n) is 17.7. The van der Waals surface area contributed by atoms with Crippen molar-refractivity contribution in [2.75, 3.05) is 18.0 Å². The summed E-state index contributed by atoms with van der Waals surface area (Å²) in [5, 5.41) is 32.7. The number of benzene rings is 1. The molecule has 1 aromatic carbocycles. The average molecular weight is 787 g/mol. The molecule has 2 aromatic heterocycles. The van der Waals surface area contributed by atoms with Gasteiger partial charge in [-0.2, -0.15) is 4.57 Å². The van der Waals surface area contributed by atoms with Crippen molar-refractivity contribution in [2.24, 2.45) is 5.16 Å². The Hall–Kier alpha value is -5.75. The Kier molecular flexibility index (Phi) is 11.1. The van der Waals surface area contributed by atoms with E-state index < -0.39 is 29.2 Å². The summed E-state index contributed by atoms with van der Waals surface area (Å²) >= 11 is 2.39. The Bertz CT molecular complexity index is 2110. The number of likely N-dealkylation sites (tertiary alicyclic amines) is 1. The number of hydrogen-bond donors (Lipinski definition) is 4. The third-order valence-electron chi connectivity index (χ3n) is 9.67. The van der Waals surface area contributed by atoms with Crippen LogP contribution in [0.1, 0.15) is 48.9 Å². The Morgan fingerprint density at radius 3 is 2.64 bits per heavy atom. The lowest BCUT2D eigenvalue weighted by Gasteiger charge is -2.50. The highest BCUT2D eigenvalue weighted by molar-refractivity contribution is 8.00. The topological polar surface area (TPSA) is 224 Å². The predicted octanol–water partition coefficient (Wildman–Crippen LogP) is 0.461. The fraction of sp³-hybridized carbons (Fsp3) is 0.351. The number of carboxylic acids is 1. The number of thioether (sulfide) groups is 1. The molecule has 3 fully saturated rings. The number of aromatic nitrogens is 2. The van der Waals surface area contributed by atoms with E-state index in [0.717, 1.165) is 53.0 Å². The highest BCUT2D eigenvalue weighted by Gasteiger charge is 2.53. The summed E-state index contributed by atoms with van der Waals surface area (Å²) in [7, 11) is 0. The largest absolute Gasteiger partial charge is 0.543 e. The lowest BCUT2D eigenvalue weighted by molar-refractivity contribution is -0.684. The maximum Gasteiger partial charge on any atom is 0.286 e. The van der Waals surface area contributed by atoms with Crippen LogP contribution in [-0.4, -0.2) is 85.0 Å². The molecular weight excluding hydrogens is 749 g/mol. The van der Waals surface area contributed by atoms with E-state index in [4.69, 9.17) is 10.6 Å². The van der Waals surface area contributed by atoms with Gasteiger partial charge in [-0.25, -0.2) is 4.98 Å². The first-order chi connectivity index (χ1) is 26.5. The second-order valence-corrected chi connectivity index (χ2v) is 15.5. The number of nitrogen functional groups attached to an aromatic ring is 1. The highest BCUT2D eigenvalue weighted by atomic mass is 32.2. The summed E-state index contributed by atoms with van der Waals surface area (Å²) < 4.78 is 1.71. The number of rotatable bonds is 13. The zero-order valence-electron chi connectivity index (χ0n) is 29.5. The minimum Gasteiger partial charge on any atom is -0.543 e. The molecule has 0 unspecified atom stereocenters. The molecule has 18 heteroatoms. The zero-order valence-corrected chi connectivity index (χ0v) is 31.1. The second kappa shape index (κ2) is 16.3. The van der Waals surface area contributed by atoms with Crippen LogP contribution in [0.25, 0.3) is 0 Å². The molecule has 4 amide bonds. The monoisotopic (exact) mass is 786 g/mol. The van der Waals surface area contributed by atoms with E-state index in [-0.39, 0.29) is 70.3 Å². The number of carboxylic acid groups (broad SMARTS) is 1. The van der Waals surface area contributed by atoms with Gasteiger partial charge in [0.15, 0.2) is 23.2 Å². The van der Waals surface area contributed by atoms with Gasteiger partial charge in [-0.3, -0.25) is 24.1 Å². The van der Waals surface area contributed by atoms with Gasteiger partial charge in [0.25, 0.3) is 17.7 Å². The number of nitrogens with two attached hydrogens (primary N) is 1. The van der Waals surface area contributed by atoms with Crippen LogP contribution in [0.3, 0.4) is 0 Å². The van der Waals surface area contributed by atoms with Crippen LogP contribution in [-0.2, 0) is 48.4 Å². The standard InChI is InChI=1S/C37H38N8O8S2/c38-37-40-27(20-55-37)29(42-53-26-6-1-2-7-26)32(48)41-30-34(50)45-31(36(51)52)24(19-54-35(30)45)15-23-10-13-44(33(23)49)17-21-8-11-43(12-9-21)18-28(47)39-16-22-4-3-5-25(46)14-22/h3-5,8-9,11-12,14-15,20,26,30,35H,1-2,6-7,10,13,16-19H2,(H5-,38,39,40,41,46,47,48,51,52)/b23-15?,42-29-/t30-,35-/m1/s1. The number of amides is 4. The van der Waals surface area contributed by atoms with E-state index in [1.54, 1.807) is 51.5 Å². The molecule has 2 saturated heterocycles. The number of pyridine rings is 1. The maximum absolute atomic E-state index is 13.4. The number of β-lactam (4-membered cyclic amide) rings is 1. The maximum atomic E-state index is 13.4. The molecule has 1 saturated carbocycles. The number of aromatic hydroxyl groups is 1. The zero-order chi connectivity index (χ0) is 38.6. The first-order valence-corrected chi connectivity index (χ1v) is 19.6. The van der Waals surface area contributed by atoms with Crippen LogP contribution < -0.4 is 26.0 Å². The van der Waals surface area contributed by atoms with E-state index in [9.17, 15) is 34.2 Å². The molecule has 55 heavy (non-hydrogen) atoms. The van der Waals surface area contributed by atoms with Crippen LogP contribution in [0.5, 0.6) is 5.75 Å². The summed E-state index contributed by atoms with van der Waals surface area (Å²) in [5.74, 6) is -3.07. The summed E-state index contributed by atoms with van der Waals surface area (Å²) in [6.07, 6.45) is 8.90. The van der Waals surface area contributed by atoms with Gasteiger partial charge in [0.2, 0.25) is 12.5 Å². The third kappa shape index (κ3) is 8.49. The minimum atomic E-state index is -1.56. The summed E-state index contributed by atoms with van der Waals surface area (Å²) in [4.78, 5) is 77.7.